The van der Waals surface area contributed by atoms with Crippen molar-refractivity contribution in [3.05, 3.63) is 59.7 Å². The molecule has 1 aromatic carbocycles. The number of hydrogen-bond acceptors (Lipinski definition) is 3. The van der Waals surface area contributed by atoms with Crippen LogP contribution in [-0.4, -0.2) is 26.0 Å². The van der Waals surface area contributed by atoms with E-state index in [0.717, 1.165) is 69.0 Å². The largest absolute Gasteiger partial charge is 0.481 e. The highest BCUT2D eigenvalue weighted by atomic mass is 19.1. The minimum absolute atomic E-state index is 0.300. The van der Waals surface area contributed by atoms with E-state index in [1.807, 2.05) is 18.2 Å². The molecule has 0 bridgehead atoms. The average molecular weight is 436 g/mol. The molecule has 1 atom stereocenters. The number of halogens is 1. The van der Waals surface area contributed by atoms with Crippen molar-refractivity contribution in [2.45, 2.75) is 64.2 Å². The molecule has 0 spiro atoms. The molecule has 1 unspecified atom stereocenters. The van der Waals surface area contributed by atoms with Gasteiger partial charge in [0.1, 0.15) is 11.3 Å². The third kappa shape index (κ3) is 5.81. The van der Waals surface area contributed by atoms with Crippen molar-refractivity contribution in [2.75, 3.05) is 0 Å². The van der Waals surface area contributed by atoms with E-state index < -0.39 is 5.97 Å². The number of aromatic nitrogens is 3. The number of para-hydroxylation sites is 1. The first-order valence-corrected chi connectivity index (χ1v) is 11.6. The van der Waals surface area contributed by atoms with Gasteiger partial charge in [-0.05, 0) is 68.7 Å². The lowest BCUT2D eigenvalue weighted by Crippen LogP contribution is -2.08. The smallest absolute Gasteiger partial charge is 0.303 e. The third-order valence-electron chi connectivity index (χ3n) is 6.29. The second-order valence-corrected chi connectivity index (χ2v) is 8.79. The molecule has 168 valence electrons. The zero-order chi connectivity index (χ0) is 22.3. The number of allylic oxidation sites excluding steroid dienone is 2. The SMILES string of the molecule is O=C(O)CC1CCCCC=C(Cc2ccc(-c3nc4c(F)cccc4[nH]3)cn2)CCCC1. The van der Waals surface area contributed by atoms with Gasteiger partial charge in [0.15, 0.2) is 5.82 Å². The molecule has 2 N–H and O–H groups in total. The number of fused-ring (bicyclic) bond motifs is 1. The average Bonchev–Trinajstić information content (AvgIpc) is 3.20. The molecular formula is C26H30FN3O2. The van der Waals surface area contributed by atoms with Gasteiger partial charge in [0.05, 0.1) is 5.52 Å². The van der Waals surface area contributed by atoms with Crippen LogP contribution >= 0.6 is 0 Å². The molecule has 1 aliphatic rings. The number of aliphatic carboxylic acids is 1. The molecule has 2 heterocycles. The Kier molecular flexibility index (Phi) is 7.30. The number of rotatable bonds is 5. The Morgan fingerprint density at radius 1 is 1.12 bits per heavy atom. The maximum Gasteiger partial charge on any atom is 0.303 e. The summed E-state index contributed by atoms with van der Waals surface area (Å²) in [6.07, 6.45) is 13.7. The van der Waals surface area contributed by atoms with Gasteiger partial charge >= 0.3 is 5.97 Å². The Labute approximate surface area is 187 Å². The van der Waals surface area contributed by atoms with Gasteiger partial charge in [-0.2, -0.15) is 0 Å². The number of H-pyrrole nitrogens is 1. The lowest BCUT2D eigenvalue weighted by molar-refractivity contribution is -0.138. The van der Waals surface area contributed by atoms with E-state index in [0.29, 0.717) is 29.2 Å². The number of carboxylic acid groups (broad SMARTS) is 1. The van der Waals surface area contributed by atoms with E-state index in [9.17, 15) is 9.18 Å². The van der Waals surface area contributed by atoms with Gasteiger partial charge in [0, 0.05) is 30.3 Å². The normalized spacial score (nSPS) is 18.2. The van der Waals surface area contributed by atoms with Crippen molar-refractivity contribution in [1.29, 1.82) is 0 Å². The van der Waals surface area contributed by atoms with E-state index >= 15 is 0 Å². The summed E-state index contributed by atoms with van der Waals surface area (Å²) in [5, 5.41) is 9.12. The van der Waals surface area contributed by atoms with Crippen LogP contribution in [0, 0.1) is 11.7 Å². The van der Waals surface area contributed by atoms with E-state index in [1.54, 1.807) is 12.3 Å². The minimum atomic E-state index is -0.675. The molecule has 0 saturated heterocycles. The summed E-state index contributed by atoms with van der Waals surface area (Å²) in [5.41, 5.74) is 4.29. The summed E-state index contributed by atoms with van der Waals surface area (Å²) in [7, 11) is 0. The van der Waals surface area contributed by atoms with Crippen LogP contribution in [0.2, 0.25) is 0 Å². The zero-order valence-corrected chi connectivity index (χ0v) is 18.3. The molecule has 1 aliphatic carbocycles. The van der Waals surface area contributed by atoms with Crippen molar-refractivity contribution >= 4 is 17.0 Å². The van der Waals surface area contributed by atoms with Crippen molar-refractivity contribution in [3.63, 3.8) is 0 Å². The summed E-state index contributed by atoms with van der Waals surface area (Å²) < 4.78 is 13.9. The highest BCUT2D eigenvalue weighted by Gasteiger charge is 2.14. The molecule has 5 nitrogen and oxygen atoms in total. The summed E-state index contributed by atoms with van der Waals surface area (Å²) in [5.74, 6) is -0.0715. The Hall–Kier alpha value is -3.02. The molecule has 6 heteroatoms. The second kappa shape index (κ2) is 10.5. The van der Waals surface area contributed by atoms with Gasteiger partial charge in [-0.25, -0.2) is 9.37 Å². The van der Waals surface area contributed by atoms with Crippen LogP contribution in [0.25, 0.3) is 22.4 Å². The fourth-order valence-corrected chi connectivity index (χ4v) is 4.56. The molecule has 0 saturated carbocycles. The fourth-order valence-electron chi connectivity index (χ4n) is 4.56. The van der Waals surface area contributed by atoms with Crippen LogP contribution in [-0.2, 0) is 11.2 Å². The van der Waals surface area contributed by atoms with Crippen molar-refractivity contribution < 1.29 is 14.3 Å². The molecule has 32 heavy (non-hydrogen) atoms. The van der Waals surface area contributed by atoms with Crippen molar-refractivity contribution in [1.82, 2.24) is 15.0 Å². The van der Waals surface area contributed by atoms with Crippen molar-refractivity contribution in [3.8, 4) is 11.4 Å². The summed E-state index contributed by atoms with van der Waals surface area (Å²) in [4.78, 5) is 23.3. The first-order chi connectivity index (χ1) is 15.6. The van der Waals surface area contributed by atoms with E-state index in [4.69, 9.17) is 5.11 Å². The van der Waals surface area contributed by atoms with Crippen molar-refractivity contribution in [2.24, 2.45) is 5.92 Å². The van der Waals surface area contributed by atoms with Crippen LogP contribution in [0.3, 0.4) is 0 Å². The van der Waals surface area contributed by atoms with Crippen LogP contribution in [0.4, 0.5) is 4.39 Å². The minimum Gasteiger partial charge on any atom is -0.481 e. The van der Waals surface area contributed by atoms with Gasteiger partial charge in [0.2, 0.25) is 0 Å². The number of nitrogens with zero attached hydrogens (tertiary/aromatic N) is 2. The number of carboxylic acids is 1. The third-order valence-corrected chi connectivity index (χ3v) is 6.29. The molecule has 0 radical (unpaired) electrons. The number of carbonyl (C=O) groups is 1. The van der Waals surface area contributed by atoms with Crippen LogP contribution in [0.5, 0.6) is 0 Å². The van der Waals surface area contributed by atoms with E-state index in [2.05, 4.69) is 21.0 Å². The Balaban J connectivity index is 1.39. The number of benzene rings is 1. The highest BCUT2D eigenvalue weighted by molar-refractivity contribution is 5.79. The second-order valence-electron chi connectivity index (χ2n) is 8.79. The highest BCUT2D eigenvalue weighted by Crippen LogP contribution is 2.26. The Morgan fingerprint density at radius 3 is 2.72 bits per heavy atom. The molecule has 0 aliphatic heterocycles. The predicted octanol–water partition coefficient (Wildman–Crippen LogP) is 6.46. The van der Waals surface area contributed by atoms with Crippen LogP contribution < -0.4 is 0 Å². The van der Waals surface area contributed by atoms with Crippen LogP contribution in [0.15, 0.2) is 48.2 Å². The Bertz CT molecular complexity index is 1090. The number of nitrogens with one attached hydrogen (secondary N) is 1. The van der Waals surface area contributed by atoms with E-state index in [-0.39, 0.29) is 5.82 Å². The van der Waals surface area contributed by atoms with Gasteiger partial charge in [0.25, 0.3) is 0 Å². The molecule has 4 rings (SSSR count). The fraction of sp³-hybridized carbons (Fsp3) is 0.423. The summed E-state index contributed by atoms with van der Waals surface area (Å²) in [6.45, 7) is 0. The topological polar surface area (TPSA) is 78.9 Å². The molecular weight excluding hydrogens is 405 g/mol. The maximum absolute atomic E-state index is 13.9. The Morgan fingerprint density at radius 2 is 1.97 bits per heavy atom. The standard InChI is InChI=1S/C26H30FN3O2/c27-22-11-6-12-23-25(22)30-26(29-23)20-13-14-21(28-17-20)15-18-7-2-1-3-8-19(16-24(31)32)10-5-4-9-18/h6-7,11-14,17,19H,1-5,8-10,15-16H2,(H,29,30)(H,31,32). The maximum atomic E-state index is 13.9. The summed E-state index contributed by atoms with van der Waals surface area (Å²) >= 11 is 0. The van der Waals surface area contributed by atoms with Gasteiger partial charge in [-0.3, -0.25) is 9.78 Å². The quantitative estimate of drug-likeness (QED) is 0.451. The number of pyridine rings is 1. The lowest BCUT2D eigenvalue weighted by atomic mass is 9.92. The lowest BCUT2D eigenvalue weighted by Gasteiger charge is -2.14. The molecule has 0 amide bonds. The molecule has 3 aromatic rings. The van der Waals surface area contributed by atoms with Gasteiger partial charge in [-0.15, -0.1) is 0 Å². The molecule has 2 aromatic heterocycles. The first kappa shape index (κ1) is 22.2. The van der Waals surface area contributed by atoms with E-state index in [1.165, 1.54) is 11.6 Å². The monoisotopic (exact) mass is 435 g/mol. The van der Waals surface area contributed by atoms with Gasteiger partial charge < -0.3 is 10.1 Å². The van der Waals surface area contributed by atoms with Gasteiger partial charge in [-0.1, -0.05) is 30.6 Å². The number of aromatic amines is 1. The number of imidazole rings is 1. The molecule has 0 fully saturated rings. The van der Waals surface area contributed by atoms with Crippen LogP contribution in [0.1, 0.15) is 63.5 Å². The predicted molar refractivity (Wildman–Crippen MR) is 124 cm³/mol. The first-order valence-electron chi connectivity index (χ1n) is 11.6. The summed E-state index contributed by atoms with van der Waals surface area (Å²) in [6, 6.07) is 8.90. The number of hydrogen-bond donors (Lipinski definition) is 2. The zero-order valence-electron chi connectivity index (χ0n) is 18.3.